The van der Waals surface area contributed by atoms with E-state index in [1.54, 1.807) is 4.90 Å². The lowest BCUT2D eigenvalue weighted by Gasteiger charge is -2.27. The Morgan fingerprint density at radius 3 is 2.29 bits per heavy atom. The summed E-state index contributed by atoms with van der Waals surface area (Å²) in [7, 11) is -3.32. The number of hydrogen-bond donors (Lipinski definition) is 0. The first kappa shape index (κ1) is 14.4. The molecule has 1 rings (SSSR count). The molecule has 1 atom stereocenters. The summed E-state index contributed by atoms with van der Waals surface area (Å²) in [5.41, 5.74) is 0. The smallest absolute Gasteiger partial charge is 0.237 e. The average Bonchev–Trinajstić information content (AvgIpc) is 2.76. The van der Waals surface area contributed by atoms with Crippen molar-refractivity contribution in [3.8, 4) is 0 Å². The molecule has 0 aromatic heterocycles. The highest BCUT2D eigenvalue weighted by atomic mass is 32.2. The van der Waals surface area contributed by atoms with Crippen LogP contribution in [-0.2, 0) is 14.8 Å². The summed E-state index contributed by atoms with van der Waals surface area (Å²) in [6.45, 7) is 5.25. The molecule has 5 nitrogen and oxygen atoms in total. The van der Waals surface area contributed by atoms with Crippen molar-refractivity contribution in [2.24, 2.45) is 0 Å². The van der Waals surface area contributed by atoms with Crippen LogP contribution < -0.4 is 0 Å². The fourth-order valence-corrected chi connectivity index (χ4v) is 3.15. The average molecular weight is 262 g/mol. The molecule has 6 heteroatoms. The summed E-state index contributed by atoms with van der Waals surface area (Å²) in [6.07, 6.45) is 3.92. The maximum absolute atomic E-state index is 11.9. The molecule has 0 saturated carbocycles. The van der Waals surface area contributed by atoms with E-state index >= 15 is 0 Å². The fourth-order valence-electron chi connectivity index (χ4n) is 2.00. The number of sulfonamides is 1. The number of carbonyl (C=O) groups is 1. The van der Waals surface area contributed by atoms with Crippen LogP contribution in [-0.4, -0.2) is 55.5 Å². The third-order valence-electron chi connectivity index (χ3n) is 3.26. The standard InChI is InChI=1S/C11H22N2O3S/c1-4-10(2)13(17(3,15)16)9-11(14)12-7-5-6-8-12/h10H,4-9H2,1-3H3. The van der Waals surface area contributed by atoms with Gasteiger partial charge in [-0.25, -0.2) is 8.42 Å². The molecule has 0 radical (unpaired) electrons. The lowest BCUT2D eigenvalue weighted by atomic mass is 10.2. The zero-order valence-corrected chi connectivity index (χ0v) is 11.7. The predicted molar refractivity (Wildman–Crippen MR) is 67.1 cm³/mol. The van der Waals surface area contributed by atoms with Gasteiger partial charge in [-0.3, -0.25) is 4.79 Å². The maximum atomic E-state index is 11.9. The van der Waals surface area contributed by atoms with Crippen molar-refractivity contribution >= 4 is 15.9 Å². The number of hydrogen-bond acceptors (Lipinski definition) is 3. The van der Waals surface area contributed by atoms with Gasteiger partial charge in [-0.05, 0) is 26.2 Å². The van der Waals surface area contributed by atoms with E-state index in [0.717, 1.165) is 32.2 Å². The minimum atomic E-state index is -3.32. The molecule has 1 unspecified atom stereocenters. The van der Waals surface area contributed by atoms with Crippen LogP contribution in [0.2, 0.25) is 0 Å². The molecule has 1 aliphatic rings. The topological polar surface area (TPSA) is 57.7 Å². The van der Waals surface area contributed by atoms with E-state index in [4.69, 9.17) is 0 Å². The number of rotatable bonds is 5. The molecule has 0 aromatic carbocycles. The summed E-state index contributed by atoms with van der Waals surface area (Å²) < 4.78 is 24.6. The monoisotopic (exact) mass is 262 g/mol. The molecular weight excluding hydrogens is 240 g/mol. The molecule has 1 aliphatic heterocycles. The van der Waals surface area contributed by atoms with Gasteiger partial charge in [-0.1, -0.05) is 6.92 Å². The second-order valence-corrected chi connectivity index (χ2v) is 6.59. The molecule has 0 N–H and O–H groups in total. The molecular formula is C11H22N2O3S. The van der Waals surface area contributed by atoms with Gasteiger partial charge >= 0.3 is 0 Å². The van der Waals surface area contributed by atoms with Crippen LogP contribution in [0.25, 0.3) is 0 Å². The first-order valence-corrected chi connectivity index (χ1v) is 7.95. The fraction of sp³-hybridized carbons (Fsp3) is 0.909. The van der Waals surface area contributed by atoms with Crippen molar-refractivity contribution in [2.45, 2.75) is 39.2 Å². The Bertz CT molecular complexity index is 361. The van der Waals surface area contributed by atoms with Crippen molar-refractivity contribution in [3.63, 3.8) is 0 Å². The van der Waals surface area contributed by atoms with Gasteiger partial charge in [0.05, 0.1) is 12.8 Å². The number of amides is 1. The third kappa shape index (κ3) is 3.96. The normalized spacial score (nSPS) is 18.7. The van der Waals surface area contributed by atoms with E-state index in [9.17, 15) is 13.2 Å². The quantitative estimate of drug-likeness (QED) is 0.731. The summed E-state index contributed by atoms with van der Waals surface area (Å²) in [5, 5.41) is 0. The Hall–Kier alpha value is -0.620. The summed E-state index contributed by atoms with van der Waals surface area (Å²) in [6, 6.07) is -0.128. The van der Waals surface area contributed by atoms with Crippen LogP contribution in [0.3, 0.4) is 0 Å². The number of carbonyl (C=O) groups excluding carboxylic acids is 1. The molecule has 0 aliphatic carbocycles. The van der Waals surface area contributed by atoms with Crippen molar-refractivity contribution in [2.75, 3.05) is 25.9 Å². The van der Waals surface area contributed by atoms with Gasteiger partial charge in [0.25, 0.3) is 0 Å². The summed E-state index contributed by atoms with van der Waals surface area (Å²) in [4.78, 5) is 13.7. The van der Waals surface area contributed by atoms with E-state index in [0.29, 0.717) is 6.42 Å². The second kappa shape index (κ2) is 5.82. The molecule has 0 aromatic rings. The molecule has 0 bridgehead atoms. The van der Waals surface area contributed by atoms with E-state index in [-0.39, 0.29) is 18.5 Å². The molecule has 1 fully saturated rings. The second-order valence-electron chi connectivity index (χ2n) is 4.65. The zero-order valence-electron chi connectivity index (χ0n) is 10.8. The largest absolute Gasteiger partial charge is 0.342 e. The highest BCUT2D eigenvalue weighted by Gasteiger charge is 2.27. The first-order chi connectivity index (χ1) is 7.86. The minimum absolute atomic E-state index is 0.0200. The van der Waals surface area contributed by atoms with Crippen molar-refractivity contribution in [1.29, 1.82) is 0 Å². The van der Waals surface area contributed by atoms with Gasteiger partial charge in [0, 0.05) is 19.1 Å². The van der Waals surface area contributed by atoms with Crippen molar-refractivity contribution < 1.29 is 13.2 Å². The Balaban J connectivity index is 2.69. The molecule has 0 spiro atoms. The van der Waals surface area contributed by atoms with E-state index < -0.39 is 10.0 Å². The highest BCUT2D eigenvalue weighted by molar-refractivity contribution is 7.88. The first-order valence-electron chi connectivity index (χ1n) is 6.11. The van der Waals surface area contributed by atoms with Gasteiger partial charge < -0.3 is 4.90 Å². The summed E-state index contributed by atoms with van der Waals surface area (Å²) >= 11 is 0. The van der Waals surface area contributed by atoms with E-state index in [2.05, 4.69) is 0 Å². The molecule has 1 amide bonds. The zero-order chi connectivity index (χ0) is 13.1. The Morgan fingerprint density at radius 1 is 1.35 bits per heavy atom. The molecule has 1 saturated heterocycles. The van der Waals surface area contributed by atoms with Crippen LogP contribution in [0.4, 0.5) is 0 Å². The Morgan fingerprint density at radius 2 is 1.88 bits per heavy atom. The van der Waals surface area contributed by atoms with Crippen molar-refractivity contribution in [1.82, 2.24) is 9.21 Å². The van der Waals surface area contributed by atoms with Gasteiger partial charge in [0.2, 0.25) is 15.9 Å². The molecule has 1 heterocycles. The van der Waals surface area contributed by atoms with Gasteiger partial charge in [-0.2, -0.15) is 4.31 Å². The van der Waals surface area contributed by atoms with Gasteiger partial charge in [0.1, 0.15) is 0 Å². The van der Waals surface area contributed by atoms with Crippen molar-refractivity contribution in [3.05, 3.63) is 0 Å². The van der Waals surface area contributed by atoms with E-state index in [1.807, 2.05) is 13.8 Å². The van der Waals surface area contributed by atoms with Gasteiger partial charge in [0.15, 0.2) is 0 Å². The number of likely N-dealkylation sites (tertiary alicyclic amines) is 1. The molecule has 100 valence electrons. The lowest BCUT2D eigenvalue weighted by molar-refractivity contribution is -0.130. The van der Waals surface area contributed by atoms with E-state index in [1.165, 1.54) is 4.31 Å². The van der Waals surface area contributed by atoms with Crippen LogP contribution in [0.5, 0.6) is 0 Å². The lowest BCUT2D eigenvalue weighted by Crippen LogP contribution is -2.45. The highest BCUT2D eigenvalue weighted by Crippen LogP contribution is 2.12. The van der Waals surface area contributed by atoms with Crippen LogP contribution in [0, 0.1) is 0 Å². The summed E-state index contributed by atoms with van der Waals surface area (Å²) in [5.74, 6) is -0.0757. The Labute approximate surface area is 104 Å². The third-order valence-corrected chi connectivity index (χ3v) is 4.60. The Kier molecular flexibility index (Phi) is 4.94. The predicted octanol–water partition coefficient (Wildman–Crippen LogP) is 0.669. The van der Waals surface area contributed by atoms with Crippen LogP contribution in [0.15, 0.2) is 0 Å². The van der Waals surface area contributed by atoms with Gasteiger partial charge in [-0.15, -0.1) is 0 Å². The maximum Gasteiger partial charge on any atom is 0.237 e. The molecule has 17 heavy (non-hydrogen) atoms. The number of nitrogens with zero attached hydrogens (tertiary/aromatic N) is 2. The van der Waals surface area contributed by atoms with Crippen LogP contribution in [0.1, 0.15) is 33.1 Å². The SMILES string of the molecule is CCC(C)N(CC(=O)N1CCCC1)S(C)(=O)=O. The van der Waals surface area contributed by atoms with Crippen LogP contribution >= 0.6 is 0 Å². The minimum Gasteiger partial charge on any atom is -0.342 e.